The van der Waals surface area contributed by atoms with Crippen molar-refractivity contribution < 1.29 is 14.3 Å². The SMILES string of the molecule is COc1ccccc1NC(=O)C(C)SCC(=O)Nc1ccc(Cl)cc1C. The van der Waals surface area contributed by atoms with Gasteiger partial charge in [-0.1, -0.05) is 23.7 Å². The molecule has 0 spiro atoms. The zero-order chi connectivity index (χ0) is 19.1. The molecule has 2 aromatic carbocycles. The first-order valence-corrected chi connectivity index (χ1v) is 9.45. The quantitative estimate of drug-likeness (QED) is 0.734. The number of benzene rings is 2. The molecule has 1 unspecified atom stereocenters. The molecule has 2 amide bonds. The van der Waals surface area contributed by atoms with Crippen molar-refractivity contribution in [1.82, 2.24) is 0 Å². The Morgan fingerprint density at radius 3 is 2.58 bits per heavy atom. The number of anilines is 2. The van der Waals surface area contributed by atoms with Crippen LogP contribution in [0.1, 0.15) is 12.5 Å². The largest absolute Gasteiger partial charge is 0.495 e. The Hall–Kier alpha value is -2.18. The number of halogens is 1. The number of hydrogen-bond donors (Lipinski definition) is 2. The van der Waals surface area contributed by atoms with Gasteiger partial charge >= 0.3 is 0 Å². The van der Waals surface area contributed by atoms with Gasteiger partial charge in [-0.2, -0.15) is 0 Å². The molecule has 0 aliphatic rings. The maximum absolute atomic E-state index is 12.3. The number of amides is 2. The van der Waals surface area contributed by atoms with E-state index in [1.54, 1.807) is 44.4 Å². The van der Waals surface area contributed by atoms with E-state index in [1.807, 2.05) is 19.1 Å². The zero-order valence-electron chi connectivity index (χ0n) is 14.8. The number of hydrogen-bond acceptors (Lipinski definition) is 4. The Balaban J connectivity index is 1.86. The summed E-state index contributed by atoms with van der Waals surface area (Å²) in [5.41, 5.74) is 2.21. The predicted octanol–water partition coefficient (Wildman–Crippen LogP) is 4.36. The molecule has 2 N–H and O–H groups in total. The van der Waals surface area contributed by atoms with E-state index < -0.39 is 5.25 Å². The molecule has 26 heavy (non-hydrogen) atoms. The maximum Gasteiger partial charge on any atom is 0.237 e. The molecule has 1 atom stereocenters. The van der Waals surface area contributed by atoms with Crippen LogP contribution >= 0.6 is 23.4 Å². The molecule has 0 radical (unpaired) electrons. The van der Waals surface area contributed by atoms with Crippen molar-refractivity contribution in [2.45, 2.75) is 19.1 Å². The molecule has 0 bridgehead atoms. The fourth-order valence-corrected chi connectivity index (χ4v) is 3.12. The van der Waals surface area contributed by atoms with Crippen LogP contribution in [-0.2, 0) is 9.59 Å². The Labute approximate surface area is 162 Å². The van der Waals surface area contributed by atoms with E-state index in [1.165, 1.54) is 11.8 Å². The summed E-state index contributed by atoms with van der Waals surface area (Å²) in [4.78, 5) is 24.4. The van der Waals surface area contributed by atoms with Gasteiger partial charge in [-0.15, -0.1) is 11.8 Å². The normalized spacial score (nSPS) is 11.5. The zero-order valence-corrected chi connectivity index (χ0v) is 16.4. The van der Waals surface area contributed by atoms with Crippen LogP contribution in [0.2, 0.25) is 5.02 Å². The van der Waals surface area contributed by atoms with Gasteiger partial charge < -0.3 is 15.4 Å². The number of carbonyl (C=O) groups is 2. The van der Waals surface area contributed by atoms with Crippen molar-refractivity contribution in [3.05, 3.63) is 53.1 Å². The molecule has 0 aliphatic carbocycles. The van der Waals surface area contributed by atoms with E-state index in [2.05, 4.69) is 10.6 Å². The summed E-state index contributed by atoms with van der Waals surface area (Å²) in [5, 5.41) is 5.88. The lowest BCUT2D eigenvalue weighted by Crippen LogP contribution is -2.25. The predicted molar refractivity (Wildman–Crippen MR) is 108 cm³/mol. The standard InChI is InChI=1S/C19H21ClN2O3S/c1-12-10-14(20)8-9-15(12)21-18(23)11-26-13(2)19(24)22-16-6-4-5-7-17(16)25-3/h4-10,13H,11H2,1-3H3,(H,21,23)(H,22,24). The topological polar surface area (TPSA) is 67.4 Å². The summed E-state index contributed by atoms with van der Waals surface area (Å²) in [5.74, 6) is 0.407. The second-order valence-corrected chi connectivity index (χ2v) is 7.42. The van der Waals surface area contributed by atoms with E-state index in [9.17, 15) is 9.59 Å². The van der Waals surface area contributed by atoms with Gasteiger partial charge in [0.1, 0.15) is 5.75 Å². The summed E-state index contributed by atoms with van der Waals surface area (Å²) < 4.78 is 5.22. The summed E-state index contributed by atoms with van der Waals surface area (Å²) in [6.45, 7) is 3.63. The third-order valence-corrected chi connectivity index (χ3v) is 5.04. The van der Waals surface area contributed by atoms with Gasteiger partial charge in [0.05, 0.1) is 23.8 Å². The number of aryl methyl sites for hydroxylation is 1. The third-order valence-electron chi connectivity index (χ3n) is 3.66. The summed E-state index contributed by atoms with van der Waals surface area (Å²) in [6, 6.07) is 12.5. The summed E-state index contributed by atoms with van der Waals surface area (Å²) >= 11 is 7.17. The number of rotatable bonds is 7. The van der Waals surface area contributed by atoms with Crippen LogP contribution in [0, 0.1) is 6.92 Å². The van der Waals surface area contributed by atoms with Crippen molar-refractivity contribution >= 4 is 46.6 Å². The third kappa shape index (κ3) is 5.68. The second-order valence-electron chi connectivity index (χ2n) is 5.65. The van der Waals surface area contributed by atoms with Gasteiger partial charge in [-0.05, 0) is 49.7 Å². The molecule has 0 heterocycles. The molecule has 7 heteroatoms. The van der Waals surface area contributed by atoms with E-state index >= 15 is 0 Å². The van der Waals surface area contributed by atoms with Crippen LogP contribution < -0.4 is 15.4 Å². The number of ether oxygens (including phenoxy) is 1. The van der Waals surface area contributed by atoms with Gasteiger partial charge in [0, 0.05) is 10.7 Å². The van der Waals surface area contributed by atoms with Crippen LogP contribution in [0.4, 0.5) is 11.4 Å². The van der Waals surface area contributed by atoms with Crippen molar-refractivity contribution in [2.24, 2.45) is 0 Å². The average molecular weight is 393 g/mol. The van der Waals surface area contributed by atoms with Crippen LogP contribution in [0.15, 0.2) is 42.5 Å². The van der Waals surface area contributed by atoms with Crippen LogP contribution in [0.5, 0.6) is 5.75 Å². The van der Waals surface area contributed by atoms with Crippen LogP contribution in [0.3, 0.4) is 0 Å². The smallest absolute Gasteiger partial charge is 0.237 e. The molecule has 5 nitrogen and oxygen atoms in total. The number of nitrogens with one attached hydrogen (secondary N) is 2. The van der Waals surface area contributed by atoms with E-state index in [0.717, 1.165) is 5.56 Å². The lowest BCUT2D eigenvalue weighted by molar-refractivity contribution is -0.115. The number of carbonyl (C=O) groups excluding carboxylic acids is 2. The Morgan fingerprint density at radius 1 is 1.15 bits per heavy atom. The Morgan fingerprint density at radius 2 is 1.88 bits per heavy atom. The van der Waals surface area contributed by atoms with Gasteiger partial charge in [0.25, 0.3) is 0 Å². The first kappa shape index (κ1) is 20.1. The van der Waals surface area contributed by atoms with Crippen molar-refractivity contribution in [3.63, 3.8) is 0 Å². The first-order valence-electron chi connectivity index (χ1n) is 8.02. The fraction of sp³-hybridized carbons (Fsp3) is 0.263. The highest BCUT2D eigenvalue weighted by atomic mass is 35.5. The monoisotopic (exact) mass is 392 g/mol. The summed E-state index contributed by atoms with van der Waals surface area (Å²) in [6.07, 6.45) is 0. The lowest BCUT2D eigenvalue weighted by atomic mass is 10.2. The molecule has 0 aliphatic heterocycles. The van der Waals surface area contributed by atoms with Crippen LogP contribution in [-0.4, -0.2) is 29.9 Å². The molecular formula is C19H21ClN2O3S. The van der Waals surface area contributed by atoms with E-state index in [-0.39, 0.29) is 17.6 Å². The minimum atomic E-state index is -0.392. The molecule has 2 rings (SSSR count). The fourth-order valence-electron chi connectivity index (χ4n) is 2.21. The van der Waals surface area contributed by atoms with Crippen molar-refractivity contribution in [2.75, 3.05) is 23.5 Å². The maximum atomic E-state index is 12.3. The van der Waals surface area contributed by atoms with Gasteiger partial charge in [0.15, 0.2) is 0 Å². The molecule has 2 aromatic rings. The van der Waals surface area contributed by atoms with Gasteiger partial charge in [-0.25, -0.2) is 0 Å². The number of methoxy groups -OCH3 is 1. The highest BCUT2D eigenvalue weighted by Crippen LogP contribution is 2.24. The molecule has 0 saturated carbocycles. The highest BCUT2D eigenvalue weighted by molar-refractivity contribution is 8.01. The molecule has 0 aromatic heterocycles. The Kier molecular flexibility index (Phi) is 7.36. The van der Waals surface area contributed by atoms with Crippen molar-refractivity contribution in [1.29, 1.82) is 0 Å². The highest BCUT2D eigenvalue weighted by Gasteiger charge is 2.17. The minimum absolute atomic E-state index is 0.169. The van der Waals surface area contributed by atoms with E-state index in [4.69, 9.17) is 16.3 Å². The molecule has 0 fully saturated rings. The van der Waals surface area contributed by atoms with Gasteiger partial charge in [-0.3, -0.25) is 9.59 Å². The van der Waals surface area contributed by atoms with Gasteiger partial charge in [0.2, 0.25) is 11.8 Å². The second kappa shape index (κ2) is 9.50. The Bertz CT molecular complexity index is 798. The lowest BCUT2D eigenvalue weighted by Gasteiger charge is -2.14. The van der Waals surface area contributed by atoms with Crippen molar-refractivity contribution in [3.8, 4) is 5.75 Å². The first-order chi connectivity index (χ1) is 12.4. The molecular weight excluding hydrogens is 372 g/mol. The number of para-hydroxylation sites is 2. The number of thioether (sulfide) groups is 1. The van der Waals surface area contributed by atoms with E-state index in [0.29, 0.717) is 22.1 Å². The molecule has 138 valence electrons. The summed E-state index contributed by atoms with van der Waals surface area (Å²) in [7, 11) is 1.55. The molecule has 0 saturated heterocycles. The average Bonchev–Trinajstić information content (AvgIpc) is 2.62. The van der Waals surface area contributed by atoms with Crippen LogP contribution in [0.25, 0.3) is 0 Å². The minimum Gasteiger partial charge on any atom is -0.495 e.